The van der Waals surface area contributed by atoms with Crippen molar-refractivity contribution in [3.05, 3.63) is 35.6 Å². The first-order valence-electron chi connectivity index (χ1n) is 4.74. The van der Waals surface area contributed by atoms with Crippen LogP contribution in [-0.2, 0) is 16.0 Å². The Morgan fingerprint density at radius 2 is 2.00 bits per heavy atom. The third-order valence-corrected chi connectivity index (χ3v) is 2.11. The molecule has 0 amide bonds. The Bertz CT molecular complexity index is 406. The maximum atomic E-state index is 13.1. The molecule has 5 heteroatoms. The number of carboxylic acids is 1. The number of halogens is 1. The molecule has 0 saturated carbocycles. The molecule has 1 aromatic rings. The molecule has 1 rings (SSSR count). The number of aliphatic carboxylic acids is 1. The van der Waals surface area contributed by atoms with Crippen molar-refractivity contribution < 1.29 is 19.1 Å². The number of hydrogen-bond acceptors (Lipinski definition) is 3. The van der Waals surface area contributed by atoms with Gasteiger partial charge in [0.15, 0.2) is 0 Å². The summed E-state index contributed by atoms with van der Waals surface area (Å²) in [6, 6.07) is 4.65. The first kappa shape index (κ1) is 12.3. The van der Waals surface area contributed by atoms with Crippen LogP contribution in [0.2, 0.25) is 0 Å². The minimum absolute atomic E-state index is 0.131. The SMILES string of the molecule is N[C@H](CC(=O)Cc1ccccc1F)C(=O)O. The van der Waals surface area contributed by atoms with Gasteiger partial charge in [0, 0.05) is 12.8 Å². The van der Waals surface area contributed by atoms with E-state index in [1.165, 1.54) is 18.2 Å². The fraction of sp³-hybridized carbons (Fsp3) is 0.273. The number of nitrogens with two attached hydrogens (primary N) is 1. The largest absolute Gasteiger partial charge is 0.480 e. The van der Waals surface area contributed by atoms with Crippen LogP contribution >= 0.6 is 0 Å². The number of Topliss-reactive ketones (excluding diaryl/α,β-unsaturated/α-hetero) is 1. The van der Waals surface area contributed by atoms with Gasteiger partial charge in [-0.1, -0.05) is 18.2 Å². The van der Waals surface area contributed by atoms with Gasteiger partial charge in [-0.15, -0.1) is 0 Å². The Hall–Kier alpha value is -1.75. The van der Waals surface area contributed by atoms with E-state index in [1.807, 2.05) is 0 Å². The summed E-state index contributed by atoms with van der Waals surface area (Å²) >= 11 is 0. The van der Waals surface area contributed by atoms with Gasteiger partial charge >= 0.3 is 5.97 Å². The van der Waals surface area contributed by atoms with Crippen LogP contribution in [-0.4, -0.2) is 22.9 Å². The molecule has 0 saturated heterocycles. The van der Waals surface area contributed by atoms with Crippen molar-refractivity contribution in [2.75, 3.05) is 0 Å². The fourth-order valence-corrected chi connectivity index (χ4v) is 1.26. The van der Waals surface area contributed by atoms with Gasteiger partial charge in [-0.05, 0) is 11.6 Å². The van der Waals surface area contributed by atoms with E-state index in [4.69, 9.17) is 10.8 Å². The van der Waals surface area contributed by atoms with Crippen LogP contribution < -0.4 is 5.73 Å². The summed E-state index contributed by atoms with van der Waals surface area (Å²) in [5.41, 5.74) is 5.45. The molecular formula is C11H12FNO3. The molecule has 0 heterocycles. The molecule has 0 fully saturated rings. The molecule has 1 atom stereocenters. The second-order valence-corrected chi connectivity index (χ2v) is 3.46. The third kappa shape index (κ3) is 3.43. The van der Waals surface area contributed by atoms with Crippen LogP contribution in [0.25, 0.3) is 0 Å². The van der Waals surface area contributed by atoms with Gasteiger partial charge in [-0.3, -0.25) is 9.59 Å². The molecule has 0 bridgehead atoms. The lowest BCUT2D eigenvalue weighted by atomic mass is 10.0. The number of carbonyl (C=O) groups excluding carboxylic acids is 1. The maximum Gasteiger partial charge on any atom is 0.320 e. The van der Waals surface area contributed by atoms with Gasteiger partial charge in [0.1, 0.15) is 17.6 Å². The van der Waals surface area contributed by atoms with Crippen LogP contribution in [0.3, 0.4) is 0 Å². The molecule has 0 aliphatic rings. The smallest absolute Gasteiger partial charge is 0.320 e. The van der Waals surface area contributed by atoms with E-state index in [-0.39, 0.29) is 24.2 Å². The molecule has 3 N–H and O–H groups in total. The van der Waals surface area contributed by atoms with E-state index in [0.29, 0.717) is 0 Å². The Kier molecular flexibility index (Phi) is 4.13. The van der Waals surface area contributed by atoms with Gasteiger partial charge in [0.25, 0.3) is 0 Å². The minimum atomic E-state index is -1.23. The highest BCUT2D eigenvalue weighted by atomic mass is 19.1. The second-order valence-electron chi connectivity index (χ2n) is 3.46. The van der Waals surface area contributed by atoms with Crippen molar-refractivity contribution in [1.29, 1.82) is 0 Å². The zero-order valence-electron chi connectivity index (χ0n) is 8.52. The van der Waals surface area contributed by atoms with Crippen molar-refractivity contribution in [1.82, 2.24) is 0 Å². The van der Waals surface area contributed by atoms with Crippen molar-refractivity contribution in [2.45, 2.75) is 18.9 Å². The lowest BCUT2D eigenvalue weighted by Crippen LogP contribution is -2.33. The van der Waals surface area contributed by atoms with Crippen molar-refractivity contribution in [2.24, 2.45) is 5.73 Å². The van der Waals surface area contributed by atoms with Gasteiger partial charge < -0.3 is 10.8 Å². The minimum Gasteiger partial charge on any atom is -0.480 e. The summed E-state index contributed by atoms with van der Waals surface area (Å²) < 4.78 is 13.1. The summed E-state index contributed by atoms with van der Waals surface area (Å²) in [5.74, 6) is -2.10. The van der Waals surface area contributed by atoms with E-state index in [9.17, 15) is 14.0 Å². The van der Waals surface area contributed by atoms with Crippen LogP contribution in [0.4, 0.5) is 4.39 Å². The van der Waals surface area contributed by atoms with E-state index in [2.05, 4.69) is 0 Å². The predicted octanol–water partition coefficient (Wildman–Crippen LogP) is 0.739. The lowest BCUT2D eigenvalue weighted by Gasteiger charge is -2.05. The number of hydrogen-bond donors (Lipinski definition) is 2. The fourth-order valence-electron chi connectivity index (χ4n) is 1.26. The van der Waals surface area contributed by atoms with Crippen LogP contribution in [0.15, 0.2) is 24.3 Å². The number of rotatable bonds is 5. The monoisotopic (exact) mass is 225 g/mol. The molecule has 0 spiro atoms. The molecular weight excluding hydrogens is 213 g/mol. The number of carbonyl (C=O) groups is 2. The highest BCUT2D eigenvalue weighted by molar-refractivity contribution is 5.86. The molecule has 1 aromatic carbocycles. The van der Waals surface area contributed by atoms with Gasteiger partial charge in [-0.25, -0.2) is 4.39 Å². The van der Waals surface area contributed by atoms with E-state index in [0.717, 1.165) is 0 Å². The molecule has 16 heavy (non-hydrogen) atoms. The summed E-state index contributed by atoms with van der Waals surface area (Å²) in [6.07, 6.45) is -0.419. The standard InChI is InChI=1S/C11H12FNO3/c12-9-4-2-1-3-7(9)5-8(14)6-10(13)11(15)16/h1-4,10H,5-6,13H2,(H,15,16)/t10-/m1/s1. The van der Waals surface area contributed by atoms with E-state index in [1.54, 1.807) is 6.07 Å². The predicted molar refractivity (Wildman–Crippen MR) is 55.3 cm³/mol. The average Bonchev–Trinajstić information content (AvgIpc) is 2.21. The van der Waals surface area contributed by atoms with E-state index < -0.39 is 17.8 Å². The van der Waals surface area contributed by atoms with Crippen LogP contribution in [0, 0.1) is 5.82 Å². The summed E-state index contributed by atoms with van der Waals surface area (Å²) in [4.78, 5) is 21.8. The quantitative estimate of drug-likeness (QED) is 0.774. The molecule has 0 radical (unpaired) electrons. The highest BCUT2D eigenvalue weighted by Crippen LogP contribution is 2.08. The molecule has 0 unspecified atom stereocenters. The summed E-state index contributed by atoms with van der Waals surface area (Å²) in [5, 5.41) is 8.50. The zero-order valence-corrected chi connectivity index (χ0v) is 8.52. The summed E-state index contributed by atoms with van der Waals surface area (Å²) in [6.45, 7) is 0. The topological polar surface area (TPSA) is 80.4 Å². The zero-order chi connectivity index (χ0) is 12.1. The Balaban J connectivity index is 2.59. The van der Waals surface area contributed by atoms with E-state index >= 15 is 0 Å². The first-order valence-corrected chi connectivity index (χ1v) is 4.74. The van der Waals surface area contributed by atoms with Gasteiger partial charge in [0.2, 0.25) is 0 Å². The highest BCUT2D eigenvalue weighted by Gasteiger charge is 2.17. The van der Waals surface area contributed by atoms with Crippen LogP contribution in [0.5, 0.6) is 0 Å². The summed E-state index contributed by atoms with van der Waals surface area (Å²) in [7, 11) is 0. The lowest BCUT2D eigenvalue weighted by molar-refractivity contribution is -0.140. The van der Waals surface area contributed by atoms with Crippen molar-refractivity contribution in [3.63, 3.8) is 0 Å². The van der Waals surface area contributed by atoms with Crippen molar-refractivity contribution in [3.8, 4) is 0 Å². The Morgan fingerprint density at radius 1 is 1.38 bits per heavy atom. The molecule has 0 aliphatic heterocycles. The Labute approximate surface area is 91.9 Å². The second kappa shape index (κ2) is 5.37. The number of ketones is 1. The third-order valence-electron chi connectivity index (χ3n) is 2.11. The Morgan fingerprint density at radius 3 is 2.56 bits per heavy atom. The number of benzene rings is 1. The van der Waals surface area contributed by atoms with Crippen molar-refractivity contribution >= 4 is 11.8 Å². The molecule has 0 aliphatic carbocycles. The number of carboxylic acid groups (broad SMARTS) is 1. The van der Waals surface area contributed by atoms with Crippen LogP contribution in [0.1, 0.15) is 12.0 Å². The molecule has 86 valence electrons. The van der Waals surface area contributed by atoms with Gasteiger partial charge in [-0.2, -0.15) is 0 Å². The molecule has 0 aromatic heterocycles. The molecule has 4 nitrogen and oxygen atoms in total. The average molecular weight is 225 g/mol. The maximum absolute atomic E-state index is 13.1. The first-order chi connectivity index (χ1) is 7.50. The normalized spacial score (nSPS) is 12.1. The van der Waals surface area contributed by atoms with Gasteiger partial charge in [0.05, 0.1) is 0 Å².